The fourth-order valence-electron chi connectivity index (χ4n) is 1.57. The summed E-state index contributed by atoms with van der Waals surface area (Å²) in [5.41, 5.74) is 0.148. The monoisotopic (exact) mass is 346 g/mol. The van der Waals surface area contributed by atoms with E-state index in [0.29, 0.717) is 0 Å². The van der Waals surface area contributed by atoms with E-state index < -0.39 is 11.9 Å². The number of hydrogen-bond donors (Lipinski definition) is 4. The molecule has 0 bridgehead atoms. The van der Waals surface area contributed by atoms with Gasteiger partial charge >= 0.3 is 11.9 Å². The highest BCUT2D eigenvalue weighted by Gasteiger charge is 2.26. The largest absolute Gasteiger partial charge is 0.478 e. The molecule has 0 saturated carbocycles. The van der Waals surface area contributed by atoms with Crippen molar-refractivity contribution in [1.82, 2.24) is 0 Å². The molecular formula is C18H34O6. The highest BCUT2D eigenvalue weighted by atomic mass is 16.4. The van der Waals surface area contributed by atoms with Crippen molar-refractivity contribution in [3.63, 3.8) is 0 Å². The average Bonchev–Trinajstić information content (AvgIpc) is 2.52. The van der Waals surface area contributed by atoms with Crippen LogP contribution in [-0.4, -0.2) is 45.6 Å². The maximum absolute atomic E-state index is 9.60. The van der Waals surface area contributed by atoms with Gasteiger partial charge in [-0.1, -0.05) is 46.3 Å². The summed E-state index contributed by atoms with van der Waals surface area (Å²) in [7, 11) is 0. The van der Waals surface area contributed by atoms with Crippen molar-refractivity contribution in [2.45, 2.75) is 59.8 Å². The second-order valence-electron chi connectivity index (χ2n) is 5.84. The van der Waals surface area contributed by atoms with Gasteiger partial charge in [-0.3, -0.25) is 0 Å². The first-order chi connectivity index (χ1) is 11.0. The smallest absolute Gasteiger partial charge is 0.330 e. The van der Waals surface area contributed by atoms with E-state index in [-0.39, 0.29) is 29.8 Å². The van der Waals surface area contributed by atoms with Crippen LogP contribution < -0.4 is 0 Å². The molecule has 0 fully saturated rings. The van der Waals surface area contributed by atoms with Crippen LogP contribution >= 0.6 is 0 Å². The average molecular weight is 346 g/mol. The van der Waals surface area contributed by atoms with Gasteiger partial charge < -0.3 is 20.4 Å². The number of rotatable bonds is 9. The van der Waals surface area contributed by atoms with Crippen molar-refractivity contribution in [3.05, 3.63) is 24.3 Å². The lowest BCUT2D eigenvalue weighted by Gasteiger charge is -2.29. The first-order valence-electron chi connectivity index (χ1n) is 8.02. The molecule has 4 N–H and O–H groups in total. The Balaban J connectivity index is -0.000000309. The van der Waals surface area contributed by atoms with Gasteiger partial charge in [0.1, 0.15) is 0 Å². The summed E-state index contributed by atoms with van der Waals surface area (Å²) >= 11 is 0. The molecule has 0 heterocycles. The Morgan fingerprint density at radius 3 is 1.33 bits per heavy atom. The number of aliphatic carboxylic acids is 2. The van der Waals surface area contributed by atoms with E-state index >= 15 is 0 Å². The maximum atomic E-state index is 9.60. The zero-order valence-corrected chi connectivity index (χ0v) is 15.5. The van der Waals surface area contributed by atoms with Gasteiger partial charge in [-0.15, -0.1) is 0 Å². The first kappa shape index (κ1) is 27.2. The molecule has 0 aromatic rings. The standard InChI is InChI=1S/C10H22O2.2C4H6O2/c1-3-5-7-10(8-11,9-12)6-4-2;2*1-3(2)4(5)6/h11-12H,3-9H2,1-2H3;2*1H2,2H3,(H,5,6). The summed E-state index contributed by atoms with van der Waals surface area (Å²) in [5.74, 6) is -1.87. The van der Waals surface area contributed by atoms with Crippen molar-refractivity contribution in [3.8, 4) is 0 Å². The molecule has 0 atom stereocenters. The minimum Gasteiger partial charge on any atom is -0.478 e. The Hall–Kier alpha value is -1.66. The zero-order chi connectivity index (χ0) is 19.8. The Morgan fingerprint density at radius 1 is 0.833 bits per heavy atom. The third kappa shape index (κ3) is 16.7. The molecule has 0 aliphatic carbocycles. The van der Waals surface area contributed by atoms with Gasteiger partial charge in [-0.2, -0.15) is 0 Å². The van der Waals surface area contributed by atoms with Crippen LogP contribution in [0.3, 0.4) is 0 Å². The lowest BCUT2D eigenvalue weighted by Crippen LogP contribution is -2.29. The predicted octanol–water partition coefficient (Wildman–Crippen LogP) is 3.24. The summed E-state index contributed by atoms with van der Waals surface area (Å²) in [6.07, 6.45) is 5.14. The quantitative estimate of drug-likeness (QED) is 0.476. The van der Waals surface area contributed by atoms with Crippen LogP contribution in [-0.2, 0) is 9.59 Å². The Kier molecular flexibility index (Phi) is 18.4. The molecule has 6 nitrogen and oxygen atoms in total. The molecule has 24 heavy (non-hydrogen) atoms. The van der Waals surface area contributed by atoms with Crippen molar-refractivity contribution < 1.29 is 30.0 Å². The minimum absolute atomic E-state index is 0.122. The third-order valence-corrected chi connectivity index (χ3v) is 3.24. The molecule has 0 amide bonds. The van der Waals surface area contributed by atoms with Crippen molar-refractivity contribution in [2.75, 3.05) is 13.2 Å². The second kappa shape index (κ2) is 16.2. The van der Waals surface area contributed by atoms with E-state index in [0.717, 1.165) is 32.1 Å². The number of aliphatic hydroxyl groups excluding tert-OH is 2. The molecule has 0 aliphatic heterocycles. The number of aliphatic hydroxyl groups is 2. The highest BCUT2D eigenvalue weighted by Crippen LogP contribution is 2.29. The van der Waals surface area contributed by atoms with Gasteiger partial charge in [0.05, 0.1) is 13.2 Å². The Bertz CT molecular complexity index is 335. The van der Waals surface area contributed by atoms with Crippen molar-refractivity contribution >= 4 is 11.9 Å². The fourth-order valence-corrected chi connectivity index (χ4v) is 1.57. The summed E-state index contributed by atoms with van der Waals surface area (Å²) in [6.45, 7) is 13.7. The molecular weight excluding hydrogens is 312 g/mol. The van der Waals surface area contributed by atoms with Gasteiger partial charge in [0.25, 0.3) is 0 Å². The minimum atomic E-state index is -0.935. The van der Waals surface area contributed by atoms with E-state index in [1.54, 1.807) is 0 Å². The molecule has 0 aromatic heterocycles. The Labute approximate surface area is 145 Å². The van der Waals surface area contributed by atoms with Crippen LogP contribution in [0.4, 0.5) is 0 Å². The van der Waals surface area contributed by atoms with Gasteiger partial charge in [0.2, 0.25) is 0 Å². The van der Waals surface area contributed by atoms with Gasteiger partial charge in [0.15, 0.2) is 0 Å². The van der Waals surface area contributed by atoms with Crippen LogP contribution in [0.5, 0.6) is 0 Å². The summed E-state index contributed by atoms with van der Waals surface area (Å²) in [4.78, 5) is 19.2. The van der Waals surface area contributed by atoms with Crippen molar-refractivity contribution in [2.24, 2.45) is 5.41 Å². The molecule has 0 rings (SSSR count). The number of carboxylic acid groups (broad SMARTS) is 2. The Morgan fingerprint density at radius 2 is 1.17 bits per heavy atom. The lowest BCUT2D eigenvalue weighted by atomic mass is 9.80. The van der Waals surface area contributed by atoms with Crippen LogP contribution in [0.1, 0.15) is 59.8 Å². The van der Waals surface area contributed by atoms with Gasteiger partial charge in [-0.05, 0) is 26.7 Å². The summed E-state index contributed by atoms with van der Waals surface area (Å²) < 4.78 is 0. The van der Waals surface area contributed by atoms with Crippen LogP contribution in [0.15, 0.2) is 24.3 Å². The molecule has 0 spiro atoms. The molecule has 142 valence electrons. The van der Waals surface area contributed by atoms with E-state index in [1.807, 2.05) is 0 Å². The highest BCUT2D eigenvalue weighted by molar-refractivity contribution is 5.85. The molecule has 0 unspecified atom stereocenters. The van der Waals surface area contributed by atoms with Gasteiger partial charge in [-0.25, -0.2) is 9.59 Å². The predicted molar refractivity (Wildman–Crippen MR) is 95.9 cm³/mol. The van der Waals surface area contributed by atoms with E-state index in [9.17, 15) is 19.8 Å². The SMILES string of the molecule is C=C(C)C(=O)O.C=C(C)C(=O)O.CCCCC(CO)(CO)CCC. The number of unbranched alkanes of at least 4 members (excludes halogenated alkanes) is 1. The van der Waals surface area contributed by atoms with Crippen LogP contribution in [0.2, 0.25) is 0 Å². The molecule has 0 saturated heterocycles. The van der Waals surface area contributed by atoms with E-state index in [2.05, 4.69) is 27.0 Å². The van der Waals surface area contributed by atoms with Crippen molar-refractivity contribution in [1.29, 1.82) is 0 Å². The number of hydrogen-bond acceptors (Lipinski definition) is 4. The maximum Gasteiger partial charge on any atom is 0.330 e. The summed E-state index contributed by atoms with van der Waals surface area (Å²) in [5, 5.41) is 34.1. The second-order valence-corrected chi connectivity index (χ2v) is 5.84. The van der Waals surface area contributed by atoms with Crippen LogP contribution in [0.25, 0.3) is 0 Å². The number of carboxylic acids is 2. The molecule has 0 aromatic carbocycles. The normalized spacial score (nSPS) is 9.75. The molecule has 6 heteroatoms. The first-order valence-corrected chi connectivity index (χ1v) is 8.02. The third-order valence-electron chi connectivity index (χ3n) is 3.24. The fraction of sp³-hybridized carbons (Fsp3) is 0.667. The lowest BCUT2D eigenvalue weighted by molar-refractivity contribution is -0.133. The number of carbonyl (C=O) groups is 2. The van der Waals surface area contributed by atoms with E-state index in [1.165, 1.54) is 13.8 Å². The molecule has 0 aliphatic rings. The van der Waals surface area contributed by atoms with Gasteiger partial charge in [0, 0.05) is 16.6 Å². The topological polar surface area (TPSA) is 115 Å². The summed E-state index contributed by atoms with van der Waals surface area (Å²) in [6, 6.07) is 0. The van der Waals surface area contributed by atoms with E-state index in [4.69, 9.17) is 10.2 Å². The van der Waals surface area contributed by atoms with Crippen LogP contribution in [0, 0.1) is 5.41 Å². The molecule has 0 radical (unpaired) electrons. The zero-order valence-electron chi connectivity index (χ0n) is 15.5.